The molecule has 0 saturated carbocycles. The molecule has 0 spiro atoms. The third kappa shape index (κ3) is 8.56. The number of halogens is 3. The Bertz CT molecular complexity index is 892. The zero-order valence-corrected chi connectivity index (χ0v) is 20.2. The van der Waals surface area contributed by atoms with Crippen LogP contribution in [0.2, 0.25) is 0 Å². The van der Waals surface area contributed by atoms with Gasteiger partial charge in [0.15, 0.2) is 0 Å². The van der Waals surface area contributed by atoms with E-state index in [-0.39, 0.29) is 12.3 Å². The maximum Gasteiger partial charge on any atom is 0.416 e. The summed E-state index contributed by atoms with van der Waals surface area (Å²) in [6.07, 6.45) is -0.310. The molecule has 0 aromatic heterocycles. The van der Waals surface area contributed by atoms with Crippen LogP contribution in [0.3, 0.4) is 0 Å². The van der Waals surface area contributed by atoms with E-state index in [2.05, 4.69) is 19.2 Å². The van der Waals surface area contributed by atoms with Crippen LogP contribution in [0.25, 0.3) is 0 Å². The highest BCUT2D eigenvalue weighted by Crippen LogP contribution is 2.30. The number of rotatable bonds is 5. The van der Waals surface area contributed by atoms with Gasteiger partial charge in [0.05, 0.1) is 12.0 Å². The summed E-state index contributed by atoms with van der Waals surface area (Å²) in [5, 5.41) is 2.90. The van der Waals surface area contributed by atoms with Crippen molar-refractivity contribution in [3.05, 3.63) is 64.2 Å². The molecule has 0 bridgehead atoms. The topological polar surface area (TPSA) is 49.4 Å². The summed E-state index contributed by atoms with van der Waals surface area (Å²) >= 11 is 0. The number of aryl methyl sites for hydroxylation is 1. The minimum Gasteiger partial charge on any atom is -0.341 e. The summed E-state index contributed by atoms with van der Waals surface area (Å²) in [4.78, 5) is 25.1. The number of alkyl halides is 3. The molecule has 3 rings (SSSR count). The Morgan fingerprint density at radius 1 is 1.06 bits per heavy atom. The van der Waals surface area contributed by atoms with E-state index >= 15 is 0 Å². The summed E-state index contributed by atoms with van der Waals surface area (Å²) in [5.41, 5.74) is 3.41. The Morgan fingerprint density at radius 3 is 2.18 bits per heavy atom. The summed E-state index contributed by atoms with van der Waals surface area (Å²) in [6, 6.07) is 8.43. The molecule has 0 unspecified atom stereocenters. The van der Waals surface area contributed by atoms with Crippen molar-refractivity contribution in [2.45, 2.75) is 73.0 Å². The van der Waals surface area contributed by atoms with E-state index in [1.807, 2.05) is 32.9 Å². The van der Waals surface area contributed by atoms with E-state index in [0.717, 1.165) is 40.9 Å². The van der Waals surface area contributed by atoms with Gasteiger partial charge < -0.3 is 10.2 Å². The zero-order valence-electron chi connectivity index (χ0n) is 20.2. The van der Waals surface area contributed by atoms with Gasteiger partial charge in [0, 0.05) is 18.8 Å². The Balaban J connectivity index is 0.000000820. The molecule has 0 saturated heterocycles. The van der Waals surface area contributed by atoms with Gasteiger partial charge in [-0.05, 0) is 47.7 Å². The summed E-state index contributed by atoms with van der Waals surface area (Å²) < 4.78 is 37.9. The van der Waals surface area contributed by atoms with Crippen LogP contribution in [-0.2, 0) is 35.2 Å². The van der Waals surface area contributed by atoms with Gasteiger partial charge in [-0.1, -0.05) is 64.8 Å². The van der Waals surface area contributed by atoms with E-state index in [4.69, 9.17) is 0 Å². The fourth-order valence-corrected chi connectivity index (χ4v) is 3.24. The van der Waals surface area contributed by atoms with E-state index in [1.165, 1.54) is 25.0 Å². The van der Waals surface area contributed by atoms with Crippen LogP contribution in [0.15, 0.2) is 36.4 Å². The molecule has 1 aliphatic rings. The van der Waals surface area contributed by atoms with Crippen molar-refractivity contribution >= 4 is 18.0 Å². The number of benzene rings is 2. The van der Waals surface area contributed by atoms with Crippen LogP contribution < -0.4 is 5.32 Å². The summed E-state index contributed by atoms with van der Waals surface area (Å²) in [6.45, 7) is 11.3. The zero-order chi connectivity index (χ0) is 25.0. The van der Waals surface area contributed by atoms with E-state index in [9.17, 15) is 22.8 Å². The first-order valence-electron chi connectivity index (χ1n) is 11.5. The first kappa shape index (κ1) is 28.2. The first-order valence-corrected chi connectivity index (χ1v) is 11.5. The fraction of sp³-hybridized carbons (Fsp3) is 0.462. The van der Waals surface area contributed by atoms with Crippen molar-refractivity contribution in [3.63, 3.8) is 0 Å². The molecular formula is C26H35F3N2O2. The molecule has 182 valence electrons. The van der Waals surface area contributed by atoms with Crippen molar-refractivity contribution in [2.24, 2.45) is 0 Å². The minimum absolute atomic E-state index is 0.0122. The molecule has 4 nitrogen and oxygen atoms in total. The number of hydrogen-bond acceptors (Lipinski definition) is 2. The Labute approximate surface area is 195 Å². The molecule has 1 aliphatic heterocycles. The normalized spacial score (nSPS) is 12.4. The quantitative estimate of drug-likeness (QED) is 0.511. The summed E-state index contributed by atoms with van der Waals surface area (Å²) in [5.74, 6) is -0.288. The number of nitrogens with one attached hydrogen (secondary N) is 1. The van der Waals surface area contributed by atoms with Gasteiger partial charge in [0.25, 0.3) is 0 Å². The Morgan fingerprint density at radius 2 is 1.67 bits per heavy atom. The van der Waals surface area contributed by atoms with Gasteiger partial charge in [0.2, 0.25) is 12.3 Å². The number of carbonyl (C=O) groups is 2. The second-order valence-corrected chi connectivity index (χ2v) is 7.64. The standard InChI is InChI=1S/C20H19F3N2O2.C4H10.C2H6/c1-13-2-5-15-11-25(12-26)9-8-17(15)19(13)24-18(27)10-14-3-6-16(7-4-14)20(21,22)23;1-3-4-2;1-2/h2-7,12H,8-11H2,1H3,(H,24,27);3-4H2,1-2H3;1-2H3. The highest BCUT2D eigenvalue weighted by atomic mass is 19.4. The van der Waals surface area contributed by atoms with Gasteiger partial charge in [0.1, 0.15) is 0 Å². The van der Waals surface area contributed by atoms with Gasteiger partial charge >= 0.3 is 6.18 Å². The molecule has 2 aromatic carbocycles. The Kier molecular flexibility index (Phi) is 11.7. The third-order valence-electron chi connectivity index (χ3n) is 5.20. The average Bonchev–Trinajstić information content (AvgIpc) is 2.81. The van der Waals surface area contributed by atoms with Gasteiger partial charge in [-0.25, -0.2) is 0 Å². The average molecular weight is 465 g/mol. The predicted molar refractivity (Wildman–Crippen MR) is 127 cm³/mol. The lowest BCUT2D eigenvalue weighted by atomic mass is 9.95. The van der Waals surface area contributed by atoms with Crippen molar-refractivity contribution in [1.82, 2.24) is 4.90 Å². The number of hydrogen-bond donors (Lipinski definition) is 1. The van der Waals surface area contributed by atoms with E-state index in [1.54, 1.807) is 4.90 Å². The molecular weight excluding hydrogens is 429 g/mol. The lowest BCUT2D eigenvalue weighted by Gasteiger charge is -2.28. The minimum atomic E-state index is -4.39. The van der Waals surface area contributed by atoms with Gasteiger partial charge in [-0.3, -0.25) is 9.59 Å². The van der Waals surface area contributed by atoms with Gasteiger partial charge in [-0.2, -0.15) is 13.2 Å². The second kappa shape index (κ2) is 13.7. The largest absolute Gasteiger partial charge is 0.416 e. The van der Waals surface area contributed by atoms with Gasteiger partial charge in [-0.15, -0.1) is 0 Å². The monoisotopic (exact) mass is 464 g/mol. The predicted octanol–water partition coefficient (Wildman–Crippen LogP) is 6.54. The van der Waals surface area contributed by atoms with Crippen molar-refractivity contribution in [2.75, 3.05) is 11.9 Å². The fourth-order valence-electron chi connectivity index (χ4n) is 3.24. The lowest BCUT2D eigenvalue weighted by Crippen LogP contribution is -2.30. The number of anilines is 1. The first-order chi connectivity index (χ1) is 15.7. The number of unbranched alkanes of at least 4 members (excludes halogenated alkanes) is 1. The highest BCUT2D eigenvalue weighted by Gasteiger charge is 2.30. The van der Waals surface area contributed by atoms with E-state index in [0.29, 0.717) is 25.1 Å². The molecule has 2 amide bonds. The third-order valence-corrected chi connectivity index (χ3v) is 5.20. The molecule has 1 heterocycles. The molecule has 0 fully saturated rings. The maximum absolute atomic E-state index is 12.6. The molecule has 1 N–H and O–H groups in total. The number of nitrogens with zero attached hydrogens (tertiary/aromatic N) is 1. The van der Waals surface area contributed by atoms with Crippen LogP contribution in [0, 0.1) is 6.92 Å². The molecule has 0 atom stereocenters. The second-order valence-electron chi connectivity index (χ2n) is 7.64. The van der Waals surface area contributed by atoms with Crippen LogP contribution in [0.1, 0.15) is 68.4 Å². The van der Waals surface area contributed by atoms with Crippen molar-refractivity contribution in [1.29, 1.82) is 0 Å². The molecule has 33 heavy (non-hydrogen) atoms. The molecule has 0 radical (unpaired) electrons. The van der Waals surface area contributed by atoms with Crippen molar-refractivity contribution in [3.8, 4) is 0 Å². The van der Waals surface area contributed by atoms with Crippen LogP contribution in [0.4, 0.5) is 18.9 Å². The smallest absolute Gasteiger partial charge is 0.341 e. The maximum atomic E-state index is 12.6. The summed E-state index contributed by atoms with van der Waals surface area (Å²) in [7, 11) is 0. The number of carbonyl (C=O) groups excluding carboxylic acids is 2. The van der Waals surface area contributed by atoms with Crippen molar-refractivity contribution < 1.29 is 22.8 Å². The van der Waals surface area contributed by atoms with Crippen LogP contribution in [0.5, 0.6) is 0 Å². The Hall–Kier alpha value is -2.83. The lowest BCUT2D eigenvalue weighted by molar-refractivity contribution is -0.137. The SMILES string of the molecule is CC.CCCC.Cc1ccc2c(c1NC(=O)Cc1ccc(C(F)(F)F)cc1)CCN(C=O)C2. The number of amides is 2. The number of fused-ring (bicyclic) bond motifs is 1. The molecule has 2 aromatic rings. The molecule has 7 heteroatoms. The molecule has 0 aliphatic carbocycles. The van der Waals surface area contributed by atoms with E-state index < -0.39 is 11.7 Å². The van der Waals surface area contributed by atoms with Crippen LogP contribution in [-0.4, -0.2) is 23.8 Å². The van der Waals surface area contributed by atoms with Crippen LogP contribution >= 0.6 is 0 Å². The highest BCUT2D eigenvalue weighted by molar-refractivity contribution is 5.94.